The van der Waals surface area contributed by atoms with E-state index in [0.29, 0.717) is 22.7 Å². The van der Waals surface area contributed by atoms with Crippen molar-refractivity contribution in [2.45, 2.75) is 37.0 Å². The van der Waals surface area contributed by atoms with E-state index in [2.05, 4.69) is 41.3 Å². The molecule has 3 aromatic rings. The van der Waals surface area contributed by atoms with Crippen LogP contribution in [0.2, 0.25) is 5.02 Å². The molecule has 0 spiro atoms. The number of benzene rings is 2. The van der Waals surface area contributed by atoms with Crippen LogP contribution in [-0.4, -0.2) is 31.8 Å². The minimum atomic E-state index is -3.52. The molecule has 2 aromatic carbocycles. The van der Waals surface area contributed by atoms with Gasteiger partial charge in [0.05, 0.1) is 40.0 Å². The first-order chi connectivity index (χ1) is 15.5. The lowest BCUT2D eigenvalue weighted by Gasteiger charge is -2.20. The van der Waals surface area contributed by atoms with Crippen LogP contribution in [0.5, 0.6) is 5.75 Å². The normalized spacial score (nSPS) is 14.4. The van der Waals surface area contributed by atoms with E-state index in [1.165, 1.54) is 24.8 Å². The highest BCUT2D eigenvalue weighted by atomic mass is 35.5. The fourth-order valence-corrected chi connectivity index (χ4v) is 5.47. The molecular formula is C24H23ClN4O3S. The SMILES string of the molecule is COc1cc(S(C)(=O)=O)c(Cl)cc1Nc1nccc(-c2cc(C#N)c3c(c2)C(C)(C)CC3)n1. The largest absolute Gasteiger partial charge is 0.495 e. The lowest BCUT2D eigenvalue weighted by molar-refractivity contribution is 0.415. The molecule has 4 rings (SSSR count). The summed E-state index contributed by atoms with van der Waals surface area (Å²) in [7, 11) is -2.08. The van der Waals surface area contributed by atoms with Crippen LogP contribution in [0.1, 0.15) is 37.0 Å². The zero-order valence-corrected chi connectivity index (χ0v) is 20.3. The maximum atomic E-state index is 12.0. The highest BCUT2D eigenvalue weighted by molar-refractivity contribution is 7.90. The monoisotopic (exact) mass is 482 g/mol. The van der Waals surface area contributed by atoms with Crippen LogP contribution >= 0.6 is 11.6 Å². The third kappa shape index (κ3) is 4.39. The van der Waals surface area contributed by atoms with Crippen molar-refractivity contribution in [1.29, 1.82) is 5.26 Å². The summed E-state index contributed by atoms with van der Waals surface area (Å²) >= 11 is 6.20. The maximum absolute atomic E-state index is 12.0. The van der Waals surface area contributed by atoms with Gasteiger partial charge in [0, 0.05) is 24.1 Å². The van der Waals surface area contributed by atoms with Crippen molar-refractivity contribution in [2.75, 3.05) is 18.7 Å². The minimum absolute atomic E-state index is 0.00344. The summed E-state index contributed by atoms with van der Waals surface area (Å²) in [6.45, 7) is 4.37. The van der Waals surface area contributed by atoms with Gasteiger partial charge in [0.1, 0.15) is 5.75 Å². The van der Waals surface area contributed by atoms with Gasteiger partial charge in [-0.1, -0.05) is 25.4 Å². The van der Waals surface area contributed by atoms with Gasteiger partial charge in [0.25, 0.3) is 0 Å². The van der Waals surface area contributed by atoms with E-state index in [0.717, 1.165) is 30.2 Å². The van der Waals surface area contributed by atoms with E-state index in [1.54, 1.807) is 12.3 Å². The fourth-order valence-electron chi connectivity index (χ4n) is 4.15. The standard InChI is InChI=1S/C24H23ClN4O3S/c1-24(2)7-5-16-15(13-26)9-14(10-17(16)24)19-6-8-27-23(28-19)29-20-11-18(25)22(33(4,30)31)12-21(20)32-3/h6,8-12H,5,7H2,1-4H3,(H,27,28,29). The smallest absolute Gasteiger partial charge is 0.227 e. The number of hydrogen-bond acceptors (Lipinski definition) is 7. The highest BCUT2D eigenvalue weighted by Gasteiger charge is 2.32. The molecule has 1 aliphatic rings. The van der Waals surface area contributed by atoms with Gasteiger partial charge in [-0.2, -0.15) is 5.26 Å². The number of aromatic nitrogens is 2. The molecule has 1 heterocycles. The number of nitriles is 1. The molecule has 9 heteroatoms. The van der Waals surface area contributed by atoms with Crippen LogP contribution < -0.4 is 10.1 Å². The number of anilines is 2. The average molecular weight is 483 g/mol. The molecule has 0 amide bonds. The van der Waals surface area contributed by atoms with E-state index in [1.807, 2.05) is 6.07 Å². The minimum Gasteiger partial charge on any atom is -0.495 e. The highest BCUT2D eigenvalue weighted by Crippen LogP contribution is 2.42. The molecule has 0 aliphatic heterocycles. The van der Waals surface area contributed by atoms with E-state index in [9.17, 15) is 13.7 Å². The average Bonchev–Trinajstić information content (AvgIpc) is 3.07. The number of ether oxygens (including phenoxy) is 1. The Hall–Kier alpha value is -3.15. The second kappa shape index (κ2) is 8.32. The first kappa shape index (κ1) is 23.0. The van der Waals surface area contributed by atoms with Crippen molar-refractivity contribution < 1.29 is 13.2 Å². The second-order valence-corrected chi connectivity index (χ2v) is 11.1. The van der Waals surface area contributed by atoms with E-state index in [-0.39, 0.29) is 21.3 Å². The van der Waals surface area contributed by atoms with Gasteiger partial charge >= 0.3 is 0 Å². The topological polar surface area (TPSA) is 105 Å². The molecule has 0 unspecified atom stereocenters. The van der Waals surface area contributed by atoms with Crippen molar-refractivity contribution in [3.8, 4) is 23.1 Å². The van der Waals surface area contributed by atoms with Gasteiger partial charge < -0.3 is 10.1 Å². The fraction of sp³-hybridized carbons (Fsp3) is 0.292. The summed E-state index contributed by atoms with van der Waals surface area (Å²) in [5.41, 5.74) is 4.89. The quantitative estimate of drug-likeness (QED) is 0.542. The molecular weight excluding hydrogens is 460 g/mol. The van der Waals surface area contributed by atoms with Gasteiger partial charge in [-0.15, -0.1) is 0 Å². The predicted molar refractivity (Wildman–Crippen MR) is 128 cm³/mol. The van der Waals surface area contributed by atoms with Crippen LogP contribution in [0.3, 0.4) is 0 Å². The van der Waals surface area contributed by atoms with Gasteiger partial charge in [0.15, 0.2) is 9.84 Å². The zero-order valence-electron chi connectivity index (χ0n) is 18.7. The van der Waals surface area contributed by atoms with E-state index in [4.69, 9.17) is 16.3 Å². The van der Waals surface area contributed by atoms with Gasteiger partial charge in [-0.05, 0) is 53.6 Å². The Morgan fingerprint density at radius 3 is 2.67 bits per heavy atom. The number of hydrogen-bond donors (Lipinski definition) is 1. The Kier molecular flexibility index (Phi) is 5.81. The zero-order chi connectivity index (χ0) is 24.0. The summed E-state index contributed by atoms with van der Waals surface area (Å²) in [6, 6.07) is 10.9. The molecule has 0 bridgehead atoms. The second-order valence-electron chi connectivity index (χ2n) is 8.69. The van der Waals surface area contributed by atoms with Crippen LogP contribution in [-0.2, 0) is 21.7 Å². The lowest BCUT2D eigenvalue weighted by Crippen LogP contribution is -2.12. The van der Waals surface area contributed by atoms with Crippen LogP contribution in [0.15, 0.2) is 41.4 Å². The predicted octanol–water partition coefficient (Wildman–Crippen LogP) is 5.05. The molecule has 170 valence electrons. The molecule has 1 aliphatic carbocycles. The molecule has 0 radical (unpaired) electrons. The molecule has 0 atom stereocenters. The maximum Gasteiger partial charge on any atom is 0.227 e. The Balaban J connectivity index is 1.74. The molecule has 0 saturated carbocycles. The summed E-state index contributed by atoms with van der Waals surface area (Å²) in [4.78, 5) is 8.87. The van der Waals surface area contributed by atoms with Crippen LogP contribution in [0.4, 0.5) is 11.6 Å². The van der Waals surface area contributed by atoms with Crippen molar-refractivity contribution in [3.05, 3.63) is 58.2 Å². The van der Waals surface area contributed by atoms with E-state index >= 15 is 0 Å². The van der Waals surface area contributed by atoms with Gasteiger partial charge in [-0.3, -0.25) is 0 Å². The molecule has 1 aromatic heterocycles. The number of sulfone groups is 1. The lowest BCUT2D eigenvalue weighted by atomic mass is 9.84. The van der Waals surface area contributed by atoms with E-state index < -0.39 is 9.84 Å². The van der Waals surface area contributed by atoms with Gasteiger partial charge in [0.2, 0.25) is 5.95 Å². The van der Waals surface area contributed by atoms with Gasteiger partial charge in [-0.25, -0.2) is 18.4 Å². The first-order valence-electron chi connectivity index (χ1n) is 10.3. The number of nitrogens with zero attached hydrogens (tertiary/aromatic N) is 3. The number of rotatable bonds is 5. The summed E-state index contributed by atoms with van der Waals surface area (Å²) in [5, 5.41) is 12.8. The number of nitrogens with one attached hydrogen (secondary N) is 1. The summed E-state index contributed by atoms with van der Waals surface area (Å²) in [6.07, 6.45) is 4.60. The third-order valence-corrected chi connectivity index (χ3v) is 7.51. The summed E-state index contributed by atoms with van der Waals surface area (Å²) in [5.74, 6) is 0.576. The molecule has 33 heavy (non-hydrogen) atoms. The molecule has 1 N–H and O–H groups in total. The number of halogens is 1. The molecule has 0 saturated heterocycles. The van der Waals surface area contributed by atoms with Crippen molar-refractivity contribution >= 4 is 33.1 Å². The Labute approximate surface area is 198 Å². The summed E-state index contributed by atoms with van der Waals surface area (Å²) < 4.78 is 29.3. The first-order valence-corrected chi connectivity index (χ1v) is 12.6. The number of fused-ring (bicyclic) bond motifs is 1. The molecule has 7 nitrogen and oxygen atoms in total. The number of methoxy groups -OCH3 is 1. The Bertz CT molecular complexity index is 1410. The Morgan fingerprint density at radius 1 is 1.24 bits per heavy atom. The van der Waals surface area contributed by atoms with Crippen molar-refractivity contribution in [2.24, 2.45) is 0 Å². The van der Waals surface area contributed by atoms with Crippen molar-refractivity contribution in [3.63, 3.8) is 0 Å². The van der Waals surface area contributed by atoms with Crippen LogP contribution in [0, 0.1) is 11.3 Å². The third-order valence-electron chi connectivity index (χ3n) is 5.95. The van der Waals surface area contributed by atoms with Crippen LogP contribution in [0.25, 0.3) is 11.3 Å². The molecule has 0 fully saturated rings. The van der Waals surface area contributed by atoms with Crippen molar-refractivity contribution in [1.82, 2.24) is 9.97 Å². The Morgan fingerprint density at radius 2 is 2.00 bits per heavy atom.